The second-order valence-corrected chi connectivity index (χ2v) is 6.84. The maximum atomic E-state index is 11.9. The molecule has 3 N–H and O–H groups in total. The Balaban J connectivity index is 1.66. The molecule has 0 amide bonds. The average Bonchev–Trinajstić information content (AvgIpc) is 3.12. The lowest BCUT2D eigenvalue weighted by Gasteiger charge is -2.28. The summed E-state index contributed by atoms with van der Waals surface area (Å²) in [5.41, 5.74) is 6.56. The molecule has 3 rings (SSSR count). The topological polar surface area (TPSA) is 94.5 Å². The van der Waals surface area contributed by atoms with Crippen LogP contribution in [0.4, 0.5) is 0 Å². The van der Waals surface area contributed by atoms with E-state index in [0.29, 0.717) is 18.3 Å². The fraction of sp³-hybridized carbons (Fsp3) is 0.381. The van der Waals surface area contributed by atoms with Gasteiger partial charge in [-0.05, 0) is 50.9 Å². The Morgan fingerprint density at radius 2 is 2.14 bits per heavy atom. The number of hydrogen-bond donors (Lipinski definition) is 2. The smallest absolute Gasteiger partial charge is 0.308 e. The first kappa shape index (κ1) is 19.7. The molecule has 28 heavy (non-hydrogen) atoms. The van der Waals surface area contributed by atoms with Gasteiger partial charge in [-0.1, -0.05) is 24.8 Å². The summed E-state index contributed by atoms with van der Waals surface area (Å²) < 4.78 is 6.87. The van der Waals surface area contributed by atoms with E-state index in [1.807, 2.05) is 31.2 Å². The minimum Gasteiger partial charge on any atom is -0.466 e. The first-order valence-electron chi connectivity index (χ1n) is 9.64. The van der Waals surface area contributed by atoms with Crippen LogP contribution in [0.15, 0.2) is 60.1 Å². The molecule has 0 aliphatic heterocycles. The van der Waals surface area contributed by atoms with E-state index in [0.717, 1.165) is 36.6 Å². The number of allylic oxidation sites excluding steroid dienone is 1. The van der Waals surface area contributed by atoms with Crippen LogP contribution in [-0.2, 0) is 9.53 Å². The fourth-order valence-electron chi connectivity index (χ4n) is 3.54. The summed E-state index contributed by atoms with van der Waals surface area (Å²) in [7, 11) is 0. The van der Waals surface area contributed by atoms with Crippen molar-refractivity contribution >= 4 is 22.7 Å². The second kappa shape index (κ2) is 9.21. The number of esters is 1. The fourth-order valence-corrected chi connectivity index (χ4v) is 3.54. The van der Waals surface area contributed by atoms with E-state index in [1.54, 1.807) is 17.0 Å². The summed E-state index contributed by atoms with van der Waals surface area (Å²) in [4.78, 5) is 16.5. The van der Waals surface area contributed by atoms with Gasteiger partial charge in [0.25, 0.3) is 0 Å². The standard InChI is InChI=1S/C21H27N5O2/c1-3-28-21(27)16-8-10-18(11-9-16)24-15(2)25-20(12-13-22)26-19-7-5-4-6-17(19)14-23-26/h4-7,12-14,16,18,24H,2-3,8-11,22H2,1H3/b13-12-,25-20+/t16-,18-. The number of benzene rings is 1. The predicted molar refractivity (Wildman–Crippen MR) is 111 cm³/mol. The van der Waals surface area contributed by atoms with Crippen molar-refractivity contribution in [3.05, 3.63) is 55.1 Å². The average molecular weight is 381 g/mol. The number of rotatable bonds is 6. The van der Waals surface area contributed by atoms with E-state index in [4.69, 9.17) is 10.5 Å². The Morgan fingerprint density at radius 1 is 1.39 bits per heavy atom. The molecular weight excluding hydrogens is 354 g/mol. The summed E-state index contributed by atoms with van der Waals surface area (Å²) in [5.74, 6) is 1.05. The quantitative estimate of drug-likeness (QED) is 0.456. The Labute approximate surface area is 165 Å². The summed E-state index contributed by atoms with van der Waals surface area (Å²) in [6.07, 6.45) is 8.31. The summed E-state index contributed by atoms with van der Waals surface area (Å²) in [6.45, 7) is 6.31. The van der Waals surface area contributed by atoms with Gasteiger partial charge in [-0.15, -0.1) is 0 Å². The second-order valence-electron chi connectivity index (χ2n) is 6.84. The lowest BCUT2D eigenvalue weighted by molar-refractivity contribution is -0.149. The zero-order valence-electron chi connectivity index (χ0n) is 16.2. The number of carbonyl (C=O) groups excluding carboxylic acids is 1. The highest BCUT2D eigenvalue weighted by Gasteiger charge is 2.27. The molecule has 0 unspecified atom stereocenters. The van der Waals surface area contributed by atoms with Gasteiger partial charge in [-0.2, -0.15) is 5.10 Å². The highest BCUT2D eigenvalue weighted by molar-refractivity contribution is 6.00. The van der Waals surface area contributed by atoms with Crippen LogP contribution in [0.1, 0.15) is 32.6 Å². The number of carbonyl (C=O) groups is 1. The number of nitrogens with zero attached hydrogens (tertiary/aromatic N) is 3. The molecule has 7 nitrogen and oxygen atoms in total. The minimum absolute atomic E-state index is 0.000870. The molecule has 1 saturated carbocycles. The van der Waals surface area contributed by atoms with E-state index >= 15 is 0 Å². The van der Waals surface area contributed by atoms with Gasteiger partial charge in [-0.3, -0.25) is 4.79 Å². The Kier molecular flexibility index (Phi) is 6.47. The summed E-state index contributed by atoms with van der Waals surface area (Å²) in [6, 6.07) is 8.14. The van der Waals surface area contributed by atoms with Gasteiger partial charge in [-0.25, -0.2) is 9.67 Å². The number of ether oxygens (including phenoxy) is 1. The molecule has 0 spiro atoms. The zero-order chi connectivity index (χ0) is 19.9. The van der Waals surface area contributed by atoms with Gasteiger partial charge in [0.1, 0.15) is 5.82 Å². The third kappa shape index (κ3) is 4.60. The normalized spacial score (nSPS) is 20.4. The zero-order valence-corrected chi connectivity index (χ0v) is 16.2. The SMILES string of the molecule is C=C(/N=C(\C=C/N)n1ncc2ccccc21)N[C@H]1CC[C@H](C(=O)OCC)CC1. The predicted octanol–water partition coefficient (Wildman–Crippen LogP) is 2.94. The number of hydrogen-bond acceptors (Lipinski definition) is 6. The van der Waals surface area contributed by atoms with Gasteiger partial charge < -0.3 is 15.8 Å². The molecule has 0 radical (unpaired) electrons. The summed E-state index contributed by atoms with van der Waals surface area (Å²) >= 11 is 0. The van der Waals surface area contributed by atoms with Crippen molar-refractivity contribution in [2.24, 2.45) is 16.6 Å². The number of nitrogens with one attached hydrogen (secondary N) is 1. The minimum atomic E-state index is -0.0845. The molecule has 2 aromatic rings. The van der Waals surface area contributed by atoms with E-state index in [-0.39, 0.29) is 17.9 Å². The van der Waals surface area contributed by atoms with Crippen molar-refractivity contribution in [2.45, 2.75) is 38.6 Å². The van der Waals surface area contributed by atoms with E-state index < -0.39 is 0 Å². The van der Waals surface area contributed by atoms with Gasteiger partial charge in [0.15, 0.2) is 5.84 Å². The lowest BCUT2D eigenvalue weighted by Crippen LogP contribution is -2.34. The van der Waals surface area contributed by atoms with Crippen LogP contribution in [0.5, 0.6) is 0 Å². The van der Waals surface area contributed by atoms with E-state index in [1.165, 1.54) is 6.20 Å². The number of para-hydroxylation sites is 1. The highest BCUT2D eigenvalue weighted by atomic mass is 16.5. The lowest BCUT2D eigenvalue weighted by atomic mass is 9.86. The van der Waals surface area contributed by atoms with Crippen LogP contribution < -0.4 is 11.1 Å². The van der Waals surface area contributed by atoms with Crippen molar-refractivity contribution < 1.29 is 9.53 Å². The van der Waals surface area contributed by atoms with Crippen LogP contribution in [-0.4, -0.2) is 34.2 Å². The van der Waals surface area contributed by atoms with Crippen molar-refractivity contribution in [2.75, 3.05) is 6.61 Å². The molecule has 1 aliphatic rings. The molecule has 1 fully saturated rings. The van der Waals surface area contributed by atoms with Gasteiger partial charge >= 0.3 is 5.97 Å². The number of aromatic nitrogens is 2. The Bertz CT molecular complexity index is 891. The van der Waals surface area contributed by atoms with Gasteiger partial charge in [0.05, 0.1) is 24.2 Å². The molecule has 1 aliphatic carbocycles. The number of fused-ring (bicyclic) bond motifs is 1. The molecule has 0 atom stereocenters. The summed E-state index contributed by atoms with van der Waals surface area (Å²) in [5, 5.41) is 8.80. The first-order valence-corrected chi connectivity index (χ1v) is 9.64. The Morgan fingerprint density at radius 3 is 2.86 bits per heavy atom. The molecular formula is C21H27N5O2. The van der Waals surface area contributed by atoms with Crippen LogP contribution in [0.2, 0.25) is 0 Å². The third-order valence-electron chi connectivity index (χ3n) is 4.91. The molecule has 148 valence electrons. The number of nitrogens with two attached hydrogens (primary N) is 1. The molecule has 0 saturated heterocycles. The van der Waals surface area contributed by atoms with E-state index in [9.17, 15) is 4.79 Å². The molecule has 1 aromatic heterocycles. The van der Waals surface area contributed by atoms with Gasteiger partial charge in [0, 0.05) is 11.4 Å². The van der Waals surface area contributed by atoms with Gasteiger partial charge in [0.2, 0.25) is 0 Å². The monoisotopic (exact) mass is 381 g/mol. The van der Waals surface area contributed by atoms with Crippen molar-refractivity contribution in [3.8, 4) is 0 Å². The molecule has 7 heteroatoms. The van der Waals surface area contributed by atoms with Crippen LogP contribution in [0.25, 0.3) is 10.9 Å². The van der Waals surface area contributed by atoms with Crippen LogP contribution in [0.3, 0.4) is 0 Å². The number of aliphatic imine (C=N–C) groups is 1. The Hall–Kier alpha value is -3.09. The van der Waals surface area contributed by atoms with Crippen molar-refractivity contribution in [1.29, 1.82) is 0 Å². The maximum Gasteiger partial charge on any atom is 0.308 e. The highest BCUT2D eigenvalue weighted by Crippen LogP contribution is 2.26. The largest absolute Gasteiger partial charge is 0.466 e. The van der Waals surface area contributed by atoms with Crippen LogP contribution >= 0.6 is 0 Å². The maximum absolute atomic E-state index is 11.9. The van der Waals surface area contributed by atoms with Crippen molar-refractivity contribution in [1.82, 2.24) is 15.1 Å². The molecule has 1 aromatic carbocycles. The van der Waals surface area contributed by atoms with Crippen molar-refractivity contribution in [3.63, 3.8) is 0 Å². The third-order valence-corrected chi connectivity index (χ3v) is 4.91. The molecule has 1 heterocycles. The van der Waals surface area contributed by atoms with E-state index in [2.05, 4.69) is 22.0 Å². The van der Waals surface area contributed by atoms with Crippen LogP contribution in [0, 0.1) is 5.92 Å². The molecule has 0 bridgehead atoms. The first-order chi connectivity index (χ1) is 13.6.